The maximum atomic E-state index is 11.8. The molecule has 0 bridgehead atoms. The number of nitrogen functional groups attached to an aromatic ring is 1. The first-order chi connectivity index (χ1) is 6.68. The fourth-order valence-electron chi connectivity index (χ4n) is 1.64. The molecule has 1 atom stereocenters. The van der Waals surface area contributed by atoms with Gasteiger partial charge in [-0.05, 0) is 26.3 Å². The molecule has 2 rings (SSSR count). The molecule has 1 saturated heterocycles. The summed E-state index contributed by atoms with van der Waals surface area (Å²) in [5.74, 6) is -0.0118. The monoisotopic (exact) mass is 194 g/mol. The van der Waals surface area contributed by atoms with Crippen molar-refractivity contribution in [3.05, 3.63) is 11.9 Å². The van der Waals surface area contributed by atoms with Gasteiger partial charge >= 0.3 is 0 Å². The van der Waals surface area contributed by atoms with Gasteiger partial charge in [0, 0.05) is 0 Å². The van der Waals surface area contributed by atoms with Gasteiger partial charge in [-0.3, -0.25) is 4.79 Å². The predicted molar refractivity (Wildman–Crippen MR) is 53.0 cm³/mol. The number of nitrogens with two attached hydrogens (primary N) is 1. The third-order valence-corrected chi connectivity index (χ3v) is 2.52. The van der Waals surface area contributed by atoms with Crippen molar-refractivity contribution in [3.63, 3.8) is 0 Å². The first kappa shape index (κ1) is 9.21. The molecular formula is C9H14N4O. The van der Waals surface area contributed by atoms with E-state index in [4.69, 9.17) is 5.73 Å². The van der Waals surface area contributed by atoms with Crippen molar-refractivity contribution in [2.24, 2.45) is 0 Å². The van der Waals surface area contributed by atoms with E-state index >= 15 is 0 Å². The van der Waals surface area contributed by atoms with E-state index in [0.717, 1.165) is 19.4 Å². The Labute approximate surface area is 82.3 Å². The molecule has 0 saturated carbocycles. The zero-order valence-electron chi connectivity index (χ0n) is 8.16. The van der Waals surface area contributed by atoms with Crippen LogP contribution in [0.4, 0.5) is 5.69 Å². The lowest BCUT2D eigenvalue weighted by Gasteiger charge is -2.07. The SMILES string of the molecule is Cc1nn(C(=O)[C@@H]2CCCN2)cc1N. The molecule has 1 fully saturated rings. The minimum Gasteiger partial charge on any atom is -0.396 e. The molecule has 0 radical (unpaired) electrons. The molecule has 2 heterocycles. The molecule has 1 aromatic rings. The van der Waals surface area contributed by atoms with Crippen molar-refractivity contribution < 1.29 is 4.79 Å². The fourth-order valence-corrected chi connectivity index (χ4v) is 1.64. The Hall–Kier alpha value is -1.36. The number of hydrogen-bond acceptors (Lipinski definition) is 4. The van der Waals surface area contributed by atoms with Crippen LogP contribution in [-0.2, 0) is 0 Å². The number of anilines is 1. The number of nitrogens with one attached hydrogen (secondary N) is 1. The quantitative estimate of drug-likeness (QED) is 0.668. The molecule has 1 aliphatic heterocycles. The van der Waals surface area contributed by atoms with Crippen LogP contribution in [0.2, 0.25) is 0 Å². The molecule has 1 aliphatic rings. The molecule has 0 aromatic carbocycles. The largest absolute Gasteiger partial charge is 0.396 e. The summed E-state index contributed by atoms with van der Waals surface area (Å²) in [6.07, 6.45) is 3.52. The topological polar surface area (TPSA) is 72.9 Å². The first-order valence-electron chi connectivity index (χ1n) is 4.78. The van der Waals surface area contributed by atoms with Gasteiger partial charge in [0.1, 0.15) is 0 Å². The third kappa shape index (κ3) is 1.50. The van der Waals surface area contributed by atoms with Crippen molar-refractivity contribution in [2.45, 2.75) is 25.8 Å². The van der Waals surface area contributed by atoms with Gasteiger partial charge in [0.15, 0.2) is 0 Å². The molecule has 0 aliphatic carbocycles. The predicted octanol–water partition coefficient (Wildman–Crippen LogP) is 0.166. The van der Waals surface area contributed by atoms with E-state index < -0.39 is 0 Å². The van der Waals surface area contributed by atoms with E-state index in [2.05, 4.69) is 10.4 Å². The Morgan fingerprint density at radius 1 is 1.79 bits per heavy atom. The third-order valence-electron chi connectivity index (χ3n) is 2.52. The summed E-state index contributed by atoms with van der Waals surface area (Å²) in [7, 11) is 0. The first-order valence-corrected chi connectivity index (χ1v) is 4.78. The second-order valence-corrected chi connectivity index (χ2v) is 3.60. The molecule has 76 valence electrons. The number of aromatic nitrogens is 2. The molecule has 0 spiro atoms. The zero-order valence-corrected chi connectivity index (χ0v) is 8.16. The van der Waals surface area contributed by atoms with E-state index in [1.54, 1.807) is 13.1 Å². The number of carbonyl (C=O) groups excluding carboxylic acids is 1. The maximum absolute atomic E-state index is 11.8. The van der Waals surface area contributed by atoms with Crippen LogP contribution in [0.25, 0.3) is 0 Å². The van der Waals surface area contributed by atoms with Gasteiger partial charge in [0.05, 0.1) is 23.6 Å². The van der Waals surface area contributed by atoms with Crippen molar-refractivity contribution in [2.75, 3.05) is 12.3 Å². The van der Waals surface area contributed by atoms with Gasteiger partial charge in [-0.25, -0.2) is 4.68 Å². The van der Waals surface area contributed by atoms with E-state index in [1.807, 2.05) is 0 Å². The van der Waals surface area contributed by atoms with Crippen molar-refractivity contribution in [1.82, 2.24) is 15.1 Å². The second kappa shape index (κ2) is 3.42. The molecular weight excluding hydrogens is 180 g/mol. The van der Waals surface area contributed by atoms with Crippen LogP contribution in [0, 0.1) is 6.92 Å². The summed E-state index contributed by atoms with van der Waals surface area (Å²) >= 11 is 0. The van der Waals surface area contributed by atoms with E-state index in [9.17, 15) is 4.79 Å². The molecule has 5 nitrogen and oxygen atoms in total. The van der Waals surface area contributed by atoms with Gasteiger partial charge in [0.25, 0.3) is 5.91 Å². The van der Waals surface area contributed by atoms with E-state index in [1.165, 1.54) is 4.68 Å². The summed E-state index contributed by atoms with van der Waals surface area (Å²) in [6.45, 7) is 2.70. The van der Waals surface area contributed by atoms with Gasteiger partial charge in [-0.1, -0.05) is 0 Å². The minimum atomic E-state index is -0.0892. The Morgan fingerprint density at radius 3 is 3.07 bits per heavy atom. The second-order valence-electron chi connectivity index (χ2n) is 3.60. The summed E-state index contributed by atoms with van der Waals surface area (Å²) in [5.41, 5.74) is 6.89. The number of nitrogens with zero attached hydrogens (tertiary/aromatic N) is 2. The number of rotatable bonds is 1. The van der Waals surface area contributed by atoms with Crippen LogP contribution in [-0.4, -0.2) is 28.3 Å². The zero-order chi connectivity index (χ0) is 10.1. The highest BCUT2D eigenvalue weighted by atomic mass is 16.2. The Kier molecular flexibility index (Phi) is 2.25. The van der Waals surface area contributed by atoms with Crippen LogP contribution in [0.5, 0.6) is 0 Å². The summed E-state index contributed by atoms with van der Waals surface area (Å²) in [6, 6.07) is -0.0892. The summed E-state index contributed by atoms with van der Waals surface area (Å²) in [4.78, 5) is 11.8. The molecule has 14 heavy (non-hydrogen) atoms. The minimum absolute atomic E-state index is 0.0118. The molecule has 5 heteroatoms. The molecule has 1 aromatic heterocycles. The maximum Gasteiger partial charge on any atom is 0.264 e. The highest BCUT2D eigenvalue weighted by Crippen LogP contribution is 2.11. The average molecular weight is 194 g/mol. The highest BCUT2D eigenvalue weighted by molar-refractivity contribution is 5.84. The Bertz CT molecular complexity index is 332. The molecule has 3 N–H and O–H groups in total. The lowest BCUT2D eigenvalue weighted by atomic mass is 10.2. The van der Waals surface area contributed by atoms with Crippen molar-refractivity contribution in [3.8, 4) is 0 Å². The fraction of sp³-hybridized carbons (Fsp3) is 0.556. The average Bonchev–Trinajstić information content (AvgIpc) is 2.76. The van der Waals surface area contributed by atoms with Gasteiger partial charge in [-0.2, -0.15) is 5.10 Å². The number of aryl methyl sites for hydroxylation is 1. The lowest BCUT2D eigenvalue weighted by molar-refractivity contribution is 0.0853. The standard InChI is InChI=1S/C9H14N4O/c1-6-7(10)5-13(12-6)9(14)8-3-2-4-11-8/h5,8,11H,2-4,10H2,1H3/t8-/m0/s1. The van der Waals surface area contributed by atoms with Gasteiger partial charge < -0.3 is 11.1 Å². The van der Waals surface area contributed by atoms with E-state index in [-0.39, 0.29) is 11.9 Å². The Morgan fingerprint density at radius 2 is 2.57 bits per heavy atom. The van der Waals surface area contributed by atoms with Crippen LogP contribution >= 0.6 is 0 Å². The highest BCUT2D eigenvalue weighted by Gasteiger charge is 2.24. The number of hydrogen-bond donors (Lipinski definition) is 2. The van der Waals surface area contributed by atoms with Crippen LogP contribution in [0.1, 0.15) is 23.3 Å². The number of carbonyl (C=O) groups is 1. The normalized spacial score (nSPS) is 21.4. The van der Waals surface area contributed by atoms with Gasteiger partial charge in [-0.15, -0.1) is 0 Å². The van der Waals surface area contributed by atoms with Crippen molar-refractivity contribution >= 4 is 11.6 Å². The van der Waals surface area contributed by atoms with Gasteiger partial charge in [0.2, 0.25) is 0 Å². The summed E-state index contributed by atoms with van der Waals surface area (Å²) in [5, 5.41) is 7.19. The van der Waals surface area contributed by atoms with Crippen molar-refractivity contribution in [1.29, 1.82) is 0 Å². The lowest BCUT2D eigenvalue weighted by Crippen LogP contribution is -2.35. The Balaban J connectivity index is 2.18. The van der Waals surface area contributed by atoms with Crippen LogP contribution < -0.4 is 11.1 Å². The van der Waals surface area contributed by atoms with E-state index in [0.29, 0.717) is 11.4 Å². The van der Waals surface area contributed by atoms with Crippen LogP contribution in [0.15, 0.2) is 6.20 Å². The molecule has 0 unspecified atom stereocenters. The molecule has 0 amide bonds. The summed E-state index contributed by atoms with van der Waals surface area (Å²) < 4.78 is 1.34. The van der Waals surface area contributed by atoms with Crippen LogP contribution in [0.3, 0.4) is 0 Å². The smallest absolute Gasteiger partial charge is 0.264 e.